The van der Waals surface area contributed by atoms with E-state index < -0.39 is 0 Å². The van der Waals surface area contributed by atoms with Crippen molar-refractivity contribution in [2.75, 3.05) is 11.4 Å². The number of para-hydroxylation sites is 1. The summed E-state index contributed by atoms with van der Waals surface area (Å²) in [5.41, 5.74) is 10.8. The average Bonchev–Trinajstić information content (AvgIpc) is 2.92. The second-order valence-corrected chi connectivity index (χ2v) is 7.12. The summed E-state index contributed by atoms with van der Waals surface area (Å²) in [6.07, 6.45) is 2.30. The fourth-order valence-electron chi connectivity index (χ4n) is 4.38. The van der Waals surface area contributed by atoms with Gasteiger partial charge in [-0.3, -0.25) is 0 Å². The first-order chi connectivity index (χ1) is 10.5. The topological polar surface area (TPSA) is 3.24 Å². The second-order valence-electron chi connectivity index (χ2n) is 7.12. The molecule has 0 bridgehead atoms. The number of nitrogens with zero attached hydrogens (tertiary/aromatic N) is 1. The van der Waals surface area contributed by atoms with Crippen LogP contribution >= 0.6 is 0 Å². The van der Waals surface area contributed by atoms with E-state index in [1.54, 1.807) is 11.1 Å². The van der Waals surface area contributed by atoms with Gasteiger partial charge in [0.05, 0.1) is 0 Å². The Hall–Kier alpha value is -1.50. The van der Waals surface area contributed by atoms with Crippen molar-refractivity contribution in [3.63, 3.8) is 0 Å². The zero-order valence-electron chi connectivity index (χ0n) is 15.0. The molecular formula is C21H29N. The van der Waals surface area contributed by atoms with Crippen LogP contribution in [-0.2, 0) is 12.8 Å². The van der Waals surface area contributed by atoms with E-state index in [0.717, 1.165) is 13.0 Å². The summed E-state index contributed by atoms with van der Waals surface area (Å²) in [5, 5.41) is 0. The van der Waals surface area contributed by atoms with Gasteiger partial charge in [-0.05, 0) is 75.7 Å². The van der Waals surface area contributed by atoms with E-state index in [-0.39, 0.29) is 0 Å². The highest BCUT2D eigenvalue weighted by Crippen LogP contribution is 2.41. The van der Waals surface area contributed by atoms with E-state index in [1.165, 1.54) is 34.4 Å². The largest absolute Gasteiger partial charge is 0.368 e. The first-order valence-electron chi connectivity index (χ1n) is 8.70. The molecule has 0 fully saturated rings. The lowest BCUT2D eigenvalue weighted by atomic mass is 9.91. The third kappa shape index (κ3) is 2.22. The SMILES string of the molecule is CCN1c2c(CC3=C(C)C(C)=C(C)C3C)cccc2CC1C. The first kappa shape index (κ1) is 15.4. The molecule has 1 heterocycles. The summed E-state index contributed by atoms with van der Waals surface area (Å²) >= 11 is 0. The first-order valence-corrected chi connectivity index (χ1v) is 8.70. The molecule has 3 rings (SSSR count). The van der Waals surface area contributed by atoms with Crippen molar-refractivity contribution in [2.24, 2.45) is 5.92 Å². The van der Waals surface area contributed by atoms with E-state index in [4.69, 9.17) is 0 Å². The van der Waals surface area contributed by atoms with Gasteiger partial charge in [-0.15, -0.1) is 0 Å². The van der Waals surface area contributed by atoms with Crippen LogP contribution in [0.2, 0.25) is 0 Å². The second kappa shape index (κ2) is 5.61. The minimum atomic E-state index is 0.602. The molecule has 118 valence electrons. The van der Waals surface area contributed by atoms with Crippen molar-refractivity contribution in [2.45, 2.75) is 60.4 Å². The van der Waals surface area contributed by atoms with Crippen molar-refractivity contribution in [3.8, 4) is 0 Å². The Bertz CT molecular complexity index is 662. The van der Waals surface area contributed by atoms with Crippen LogP contribution in [0.1, 0.15) is 52.7 Å². The van der Waals surface area contributed by atoms with Crippen LogP contribution in [-0.4, -0.2) is 12.6 Å². The fourth-order valence-corrected chi connectivity index (χ4v) is 4.38. The maximum atomic E-state index is 2.59. The number of hydrogen-bond acceptors (Lipinski definition) is 1. The van der Waals surface area contributed by atoms with E-state index >= 15 is 0 Å². The highest BCUT2D eigenvalue weighted by molar-refractivity contribution is 5.66. The molecule has 1 aliphatic carbocycles. The summed E-state index contributed by atoms with van der Waals surface area (Å²) in [6, 6.07) is 7.55. The molecule has 0 amide bonds. The summed E-state index contributed by atoms with van der Waals surface area (Å²) in [4.78, 5) is 2.59. The van der Waals surface area contributed by atoms with Gasteiger partial charge < -0.3 is 4.90 Å². The van der Waals surface area contributed by atoms with E-state index in [2.05, 4.69) is 64.6 Å². The third-order valence-electron chi connectivity index (χ3n) is 6.07. The lowest BCUT2D eigenvalue weighted by molar-refractivity contribution is 0.688. The monoisotopic (exact) mass is 295 g/mol. The summed E-state index contributed by atoms with van der Waals surface area (Å²) in [6.45, 7) is 15.0. The van der Waals surface area contributed by atoms with Crippen molar-refractivity contribution < 1.29 is 0 Å². The Balaban J connectivity index is 1.98. The van der Waals surface area contributed by atoms with Crippen molar-refractivity contribution in [3.05, 3.63) is 51.6 Å². The minimum absolute atomic E-state index is 0.602. The molecule has 1 aliphatic heterocycles. The van der Waals surface area contributed by atoms with E-state index in [1.807, 2.05) is 0 Å². The number of hydrogen-bond donors (Lipinski definition) is 0. The molecule has 2 unspecified atom stereocenters. The standard InChI is InChI=1S/C21H29N/c1-7-22-13(2)11-18-9-8-10-19(21(18)22)12-20-16(5)14(3)15(4)17(20)6/h8-10,13,16H,7,11-12H2,1-6H3. The molecule has 22 heavy (non-hydrogen) atoms. The Morgan fingerprint density at radius 3 is 2.41 bits per heavy atom. The average molecular weight is 295 g/mol. The maximum absolute atomic E-state index is 2.59. The normalized spacial score (nSPS) is 24.5. The highest BCUT2D eigenvalue weighted by atomic mass is 15.2. The number of allylic oxidation sites excluding steroid dienone is 4. The molecular weight excluding hydrogens is 266 g/mol. The molecule has 0 spiro atoms. The van der Waals surface area contributed by atoms with Crippen LogP contribution in [0.4, 0.5) is 5.69 Å². The molecule has 0 saturated carbocycles. The van der Waals surface area contributed by atoms with Crippen molar-refractivity contribution in [1.82, 2.24) is 0 Å². The lowest BCUT2D eigenvalue weighted by Crippen LogP contribution is -2.29. The van der Waals surface area contributed by atoms with Gasteiger partial charge in [-0.2, -0.15) is 0 Å². The van der Waals surface area contributed by atoms with E-state index in [0.29, 0.717) is 12.0 Å². The van der Waals surface area contributed by atoms with Gasteiger partial charge in [0.2, 0.25) is 0 Å². The van der Waals surface area contributed by atoms with Crippen LogP contribution < -0.4 is 4.90 Å². The van der Waals surface area contributed by atoms with Gasteiger partial charge in [-0.1, -0.05) is 36.3 Å². The van der Waals surface area contributed by atoms with Gasteiger partial charge in [-0.25, -0.2) is 0 Å². The highest BCUT2D eigenvalue weighted by Gasteiger charge is 2.29. The van der Waals surface area contributed by atoms with Crippen LogP contribution in [0.5, 0.6) is 0 Å². The van der Waals surface area contributed by atoms with Gasteiger partial charge in [0.25, 0.3) is 0 Å². The number of anilines is 1. The van der Waals surface area contributed by atoms with Crippen LogP contribution in [0.3, 0.4) is 0 Å². The molecule has 0 radical (unpaired) electrons. The van der Waals surface area contributed by atoms with Crippen LogP contribution in [0.15, 0.2) is 40.5 Å². The zero-order valence-corrected chi connectivity index (χ0v) is 15.0. The van der Waals surface area contributed by atoms with E-state index in [9.17, 15) is 0 Å². The van der Waals surface area contributed by atoms with Gasteiger partial charge in [0.15, 0.2) is 0 Å². The Labute approximate surface area is 135 Å². The Morgan fingerprint density at radius 2 is 1.82 bits per heavy atom. The Kier molecular flexibility index (Phi) is 3.92. The van der Waals surface area contributed by atoms with Gasteiger partial charge >= 0.3 is 0 Å². The predicted octanol–water partition coefficient (Wildman–Crippen LogP) is 5.30. The van der Waals surface area contributed by atoms with Crippen molar-refractivity contribution >= 4 is 5.69 Å². The third-order valence-corrected chi connectivity index (χ3v) is 6.07. The molecule has 0 aromatic heterocycles. The molecule has 1 aromatic rings. The number of benzene rings is 1. The smallest absolute Gasteiger partial charge is 0.0437 e. The van der Waals surface area contributed by atoms with Gasteiger partial charge in [0, 0.05) is 18.3 Å². The summed E-state index contributed by atoms with van der Waals surface area (Å²) < 4.78 is 0. The van der Waals surface area contributed by atoms with Crippen LogP contribution in [0.25, 0.3) is 0 Å². The molecule has 0 saturated heterocycles. The predicted molar refractivity (Wildman–Crippen MR) is 96.6 cm³/mol. The fraction of sp³-hybridized carbons (Fsp3) is 0.524. The van der Waals surface area contributed by atoms with Gasteiger partial charge in [0.1, 0.15) is 0 Å². The number of fused-ring (bicyclic) bond motifs is 1. The number of rotatable bonds is 3. The molecule has 2 aliphatic rings. The zero-order chi connectivity index (χ0) is 16.0. The summed E-state index contributed by atoms with van der Waals surface area (Å²) in [5.74, 6) is 0.602. The minimum Gasteiger partial charge on any atom is -0.368 e. The Morgan fingerprint density at radius 1 is 1.09 bits per heavy atom. The van der Waals surface area contributed by atoms with Crippen molar-refractivity contribution in [1.29, 1.82) is 0 Å². The molecule has 2 atom stereocenters. The quantitative estimate of drug-likeness (QED) is 0.731. The van der Waals surface area contributed by atoms with Crippen LogP contribution in [0, 0.1) is 5.92 Å². The number of likely N-dealkylation sites (N-methyl/N-ethyl adjacent to an activating group) is 1. The lowest BCUT2D eigenvalue weighted by Gasteiger charge is -2.26. The summed E-state index contributed by atoms with van der Waals surface area (Å²) in [7, 11) is 0. The molecule has 1 nitrogen and oxygen atoms in total. The maximum Gasteiger partial charge on any atom is 0.0437 e. The molecule has 0 N–H and O–H groups in total. The molecule has 1 heteroatoms. The molecule has 1 aromatic carbocycles.